The Balaban J connectivity index is 1.26. The summed E-state index contributed by atoms with van der Waals surface area (Å²) >= 11 is 0. The molecule has 4 nitrogen and oxygen atoms in total. The van der Waals surface area contributed by atoms with E-state index >= 15 is 0 Å². The number of ketones is 1. The van der Waals surface area contributed by atoms with E-state index in [-0.39, 0.29) is 35.6 Å². The molecule has 2 fully saturated rings. The first kappa shape index (κ1) is 22.2. The molecule has 0 bridgehead atoms. The van der Waals surface area contributed by atoms with Gasteiger partial charge in [0, 0.05) is 29.4 Å². The van der Waals surface area contributed by atoms with Gasteiger partial charge in [0.25, 0.3) is 0 Å². The molecule has 5 unspecified atom stereocenters. The number of carbonyl (C=O) groups is 2. The van der Waals surface area contributed by atoms with Crippen LogP contribution in [0.2, 0.25) is 0 Å². The molecule has 5 atom stereocenters. The second-order valence-corrected chi connectivity index (χ2v) is 10.7. The highest BCUT2D eigenvalue weighted by Crippen LogP contribution is 2.49. The number of Topliss-reactive ketones (excluding diaryl/α,β-unsaturated/α-hetero) is 1. The zero-order valence-corrected chi connectivity index (χ0v) is 19.8. The summed E-state index contributed by atoms with van der Waals surface area (Å²) in [5.74, 6) is 2.61. The van der Waals surface area contributed by atoms with E-state index < -0.39 is 0 Å². The van der Waals surface area contributed by atoms with Gasteiger partial charge in [0.1, 0.15) is 23.4 Å². The van der Waals surface area contributed by atoms with E-state index in [0.717, 1.165) is 35.5 Å². The van der Waals surface area contributed by atoms with Crippen molar-refractivity contribution in [1.29, 1.82) is 0 Å². The average molecular weight is 447 g/mol. The van der Waals surface area contributed by atoms with Crippen LogP contribution in [0, 0.1) is 29.6 Å². The largest absolute Gasteiger partial charge is 0.462 e. The van der Waals surface area contributed by atoms with Crippen molar-refractivity contribution < 1.29 is 19.1 Å². The fourth-order valence-corrected chi connectivity index (χ4v) is 5.88. The van der Waals surface area contributed by atoms with Gasteiger partial charge in [-0.15, -0.1) is 0 Å². The lowest BCUT2D eigenvalue weighted by atomic mass is 9.75. The second kappa shape index (κ2) is 8.96. The maximum atomic E-state index is 13.3. The van der Waals surface area contributed by atoms with Crippen LogP contribution in [-0.2, 0) is 14.3 Å². The molecule has 2 aliphatic carbocycles. The first-order chi connectivity index (χ1) is 15.9. The lowest BCUT2D eigenvalue weighted by molar-refractivity contribution is -0.158. The maximum absolute atomic E-state index is 13.3. The Morgan fingerprint density at radius 2 is 1.58 bits per heavy atom. The molecule has 2 saturated carbocycles. The highest BCUT2D eigenvalue weighted by Gasteiger charge is 2.50. The van der Waals surface area contributed by atoms with Crippen LogP contribution in [0.25, 0.3) is 0 Å². The summed E-state index contributed by atoms with van der Waals surface area (Å²) < 4.78 is 12.1. The molecule has 174 valence electrons. The van der Waals surface area contributed by atoms with Crippen molar-refractivity contribution in [2.75, 3.05) is 0 Å². The molecular formula is C29H34O4. The third-order valence-electron chi connectivity index (χ3n) is 7.95. The molecule has 5 rings (SSSR count). The predicted octanol–water partition coefficient (Wildman–Crippen LogP) is 6.52. The van der Waals surface area contributed by atoms with Crippen molar-refractivity contribution in [3.05, 3.63) is 59.7 Å². The molecule has 0 spiro atoms. The lowest BCUT2D eigenvalue weighted by Gasteiger charge is -2.36. The van der Waals surface area contributed by atoms with E-state index in [0.29, 0.717) is 30.6 Å². The number of hydrogen-bond acceptors (Lipinski definition) is 4. The highest BCUT2D eigenvalue weighted by atomic mass is 16.5. The van der Waals surface area contributed by atoms with Gasteiger partial charge in [-0.05, 0) is 49.1 Å². The summed E-state index contributed by atoms with van der Waals surface area (Å²) in [6, 6.07) is 15.9. The number of rotatable bonds is 6. The molecule has 1 heterocycles. The Labute approximate surface area is 196 Å². The van der Waals surface area contributed by atoms with Crippen molar-refractivity contribution in [3.63, 3.8) is 0 Å². The molecule has 4 heteroatoms. The Kier molecular flexibility index (Phi) is 6.03. The third-order valence-corrected chi connectivity index (χ3v) is 7.95. The normalized spacial score (nSPS) is 28.4. The van der Waals surface area contributed by atoms with Crippen LogP contribution >= 0.6 is 0 Å². The summed E-state index contributed by atoms with van der Waals surface area (Å²) in [5.41, 5.74) is 2.08. The zero-order chi connectivity index (χ0) is 23.1. The Bertz CT molecular complexity index is 996. The number of ether oxygens (including phenoxy) is 2. The molecule has 1 aliphatic heterocycles. The number of hydrogen-bond donors (Lipinski definition) is 0. The van der Waals surface area contributed by atoms with Gasteiger partial charge in [-0.3, -0.25) is 9.59 Å². The van der Waals surface area contributed by atoms with Gasteiger partial charge in [0.15, 0.2) is 0 Å². The molecule has 3 aliphatic rings. The Hall–Kier alpha value is -2.62. The van der Waals surface area contributed by atoms with E-state index in [4.69, 9.17) is 9.47 Å². The van der Waals surface area contributed by atoms with E-state index in [1.807, 2.05) is 48.5 Å². The van der Waals surface area contributed by atoms with Crippen LogP contribution in [0.5, 0.6) is 11.5 Å². The van der Waals surface area contributed by atoms with Crippen LogP contribution in [0.15, 0.2) is 48.5 Å². The van der Waals surface area contributed by atoms with Gasteiger partial charge in [-0.1, -0.05) is 63.6 Å². The van der Waals surface area contributed by atoms with Crippen molar-refractivity contribution in [3.8, 4) is 11.5 Å². The van der Waals surface area contributed by atoms with Gasteiger partial charge < -0.3 is 9.47 Å². The fourth-order valence-electron chi connectivity index (χ4n) is 5.88. The van der Waals surface area contributed by atoms with Gasteiger partial charge in [-0.2, -0.15) is 0 Å². The monoisotopic (exact) mass is 446 g/mol. The van der Waals surface area contributed by atoms with Crippen molar-refractivity contribution in [1.82, 2.24) is 0 Å². The van der Waals surface area contributed by atoms with E-state index in [1.165, 1.54) is 6.42 Å². The van der Waals surface area contributed by atoms with Crippen molar-refractivity contribution in [2.45, 2.75) is 64.9 Å². The number of fused-ring (bicyclic) bond motifs is 2. The minimum atomic E-state index is -0.270. The van der Waals surface area contributed by atoms with Gasteiger partial charge in [-0.25, -0.2) is 0 Å². The maximum Gasteiger partial charge on any atom is 0.309 e. The van der Waals surface area contributed by atoms with E-state index in [2.05, 4.69) is 20.8 Å². The standard InChI is InChI=1S/C29H34O4/c1-17(2)19-13-12-18(3)14-28(19)33-29(31)24-15-23(24)25(30)16-22-20-8-4-6-10-26(20)32-27-11-7-5-9-21(22)27/h4-11,17-19,22-24,28H,12-16H2,1-3H3. The minimum Gasteiger partial charge on any atom is -0.462 e. The number of esters is 1. The van der Waals surface area contributed by atoms with E-state index in [1.54, 1.807) is 0 Å². The molecule has 0 saturated heterocycles. The highest BCUT2D eigenvalue weighted by molar-refractivity contribution is 5.92. The van der Waals surface area contributed by atoms with Gasteiger partial charge in [0.2, 0.25) is 0 Å². The number of carbonyl (C=O) groups excluding carboxylic acids is 2. The number of para-hydroxylation sites is 2. The van der Waals surface area contributed by atoms with Gasteiger partial charge >= 0.3 is 5.97 Å². The lowest BCUT2D eigenvalue weighted by Crippen LogP contribution is -2.36. The molecule has 0 aromatic heterocycles. The van der Waals surface area contributed by atoms with Crippen LogP contribution in [-0.4, -0.2) is 17.9 Å². The van der Waals surface area contributed by atoms with Gasteiger partial charge in [0.05, 0.1) is 5.92 Å². The first-order valence-electron chi connectivity index (χ1n) is 12.5. The molecule has 0 radical (unpaired) electrons. The first-order valence-corrected chi connectivity index (χ1v) is 12.5. The summed E-state index contributed by atoms with van der Waals surface area (Å²) in [5, 5.41) is 0. The van der Waals surface area contributed by atoms with Crippen LogP contribution < -0.4 is 4.74 Å². The van der Waals surface area contributed by atoms with Crippen LogP contribution in [0.3, 0.4) is 0 Å². The molecule has 2 aromatic rings. The summed E-state index contributed by atoms with van der Waals surface area (Å²) in [6.45, 7) is 6.67. The Morgan fingerprint density at radius 3 is 2.21 bits per heavy atom. The molecular weight excluding hydrogens is 412 g/mol. The quantitative estimate of drug-likeness (QED) is 0.474. The summed E-state index contributed by atoms with van der Waals surface area (Å²) in [7, 11) is 0. The number of benzene rings is 2. The molecule has 0 N–H and O–H groups in total. The SMILES string of the molecule is CC1CCC(C(C)C)C(OC(=O)C2CC2C(=O)CC2c3ccccc3Oc3ccccc32)C1. The molecule has 33 heavy (non-hydrogen) atoms. The average Bonchev–Trinajstić information content (AvgIpc) is 3.60. The molecule has 2 aromatic carbocycles. The second-order valence-electron chi connectivity index (χ2n) is 10.7. The van der Waals surface area contributed by atoms with Crippen molar-refractivity contribution >= 4 is 11.8 Å². The smallest absolute Gasteiger partial charge is 0.309 e. The molecule has 0 amide bonds. The Morgan fingerprint density at radius 1 is 0.939 bits per heavy atom. The minimum absolute atomic E-state index is 0.00755. The van der Waals surface area contributed by atoms with Crippen LogP contribution in [0.4, 0.5) is 0 Å². The topological polar surface area (TPSA) is 52.6 Å². The summed E-state index contributed by atoms with van der Waals surface area (Å²) in [6.07, 6.45) is 4.27. The third kappa shape index (κ3) is 4.45. The van der Waals surface area contributed by atoms with E-state index in [9.17, 15) is 9.59 Å². The van der Waals surface area contributed by atoms with Crippen LogP contribution in [0.1, 0.15) is 69.9 Å². The van der Waals surface area contributed by atoms with Crippen molar-refractivity contribution in [2.24, 2.45) is 29.6 Å². The fraction of sp³-hybridized carbons (Fsp3) is 0.517. The zero-order valence-electron chi connectivity index (χ0n) is 19.8. The summed E-state index contributed by atoms with van der Waals surface area (Å²) in [4.78, 5) is 26.2. The predicted molar refractivity (Wildman–Crippen MR) is 127 cm³/mol.